The van der Waals surface area contributed by atoms with E-state index in [2.05, 4.69) is 40.3 Å². The van der Waals surface area contributed by atoms with Crippen LogP contribution in [0.2, 0.25) is 0 Å². The maximum atomic E-state index is 5.69. The summed E-state index contributed by atoms with van der Waals surface area (Å²) in [5, 5.41) is 7.56. The highest BCUT2D eigenvalue weighted by atomic mass is 32.1. The summed E-state index contributed by atoms with van der Waals surface area (Å²) in [7, 11) is 0. The first-order chi connectivity index (χ1) is 15.6. The molecule has 32 heavy (non-hydrogen) atoms. The first-order valence-electron chi connectivity index (χ1n) is 13.0. The van der Waals surface area contributed by atoms with E-state index in [0.29, 0.717) is 28.9 Å². The Morgan fingerprint density at radius 1 is 0.844 bits per heavy atom. The van der Waals surface area contributed by atoms with Gasteiger partial charge in [0.05, 0.1) is 0 Å². The van der Waals surface area contributed by atoms with Gasteiger partial charge in [0.2, 0.25) is 5.95 Å². The summed E-state index contributed by atoms with van der Waals surface area (Å²) in [6.45, 7) is 8.98. The van der Waals surface area contributed by atoms with Gasteiger partial charge in [-0.2, -0.15) is 9.97 Å². The van der Waals surface area contributed by atoms with E-state index >= 15 is 0 Å². The smallest absolute Gasteiger partial charge is 0.232 e. The summed E-state index contributed by atoms with van der Waals surface area (Å²) in [6, 6.07) is 2.68. The second-order valence-electron chi connectivity index (χ2n) is 10.4. The van der Waals surface area contributed by atoms with Crippen LogP contribution in [-0.2, 0) is 0 Å². The van der Waals surface area contributed by atoms with Gasteiger partial charge in [-0.1, -0.05) is 52.4 Å². The molecule has 0 amide bonds. The van der Waals surface area contributed by atoms with Crippen LogP contribution in [0.1, 0.15) is 84.5 Å². The van der Waals surface area contributed by atoms with E-state index in [1.54, 1.807) is 0 Å². The molecule has 1 saturated carbocycles. The second kappa shape index (κ2) is 11.5. The number of anilines is 3. The molecule has 2 saturated heterocycles. The molecule has 7 heteroatoms. The number of aromatic nitrogens is 2. The van der Waals surface area contributed by atoms with Gasteiger partial charge in [0.15, 0.2) is 5.11 Å². The van der Waals surface area contributed by atoms with E-state index in [9.17, 15) is 0 Å². The van der Waals surface area contributed by atoms with E-state index in [1.165, 1.54) is 70.6 Å². The summed E-state index contributed by atoms with van der Waals surface area (Å²) in [5.74, 6) is 4.09. The van der Waals surface area contributed by atoms with Crippen LogP contribution in [0.5, 0.6) is 0 Å². The van der Waals surface area contributed by atoms with Crippen molar-refractivity contribution in [3.8, 4) is 0 Å². The molecule has 2 atom stereocenters. The summed E-state index contributed by atoms with van der Waals surface area (Å²) in [6.07, 6.45) is 14.1. The van der Waals surface area contributed by atoms with Crippen molar-refractivity contribution in [3.63, 3.8) is 0 Å². The third-order valence-electron chi connectivity index (χ3n) is 7.24. The number of nitrogens with one attached hydrogen (secondary N) is 2. The number of piperidine rings is 1. The van der Waals surface area contributed by atoms with Gasteiger partial charge in [-0.05, 0) is 56.2 Å². The first kappa shape index (κ1) is 23.5. The van der Waals surface area contributed by atoms with Gasteiger partial charge in [-0.3, -0.25) is 0 Å². The zero-order chi connectivity index (χ0) is 22.3. The Morgan fingerprint density at radius 3 is 2.03 bits per heavy atom. The Labute approximate surface area is 199 Å². The Morgan fingerprint density at radius 2 is 1.41 bits per heavy atom. The minimum absolute atomic E-state index is 0.467. The zero-order valence-corrected chi connectivity index (χ0v) is 20.9. The van der Waals surface area contributed by atoms with E-state index < -0.39 is 0 Å². The van der Waals surface area contributed by atoms with Crippen LogP contribution < -0.4 is 20.4 Å². The summed E-state index contributed by atoms with van der Waals surface area (Å²) in [5.41, 5.74) is 0. The lowest BCUT2D eigenvalue weighted by molar-refractivity contribution is 0.355. The number of nitrogens with zero attached hydrogens (tertiary/aromatic N) is 4. The molecule has 6 nitrogen and oxygen atoms in total. The Kier molecular flexibility index (Phi) is 8.44. The van der Waals surface area contributed by atoms with Crippen LogP contribution in [0, 0.1) is 11.8 Å². The molecular weight excluding hydrogens is 416 g/mol. The van der Waals surface area contributed by atoms with Crippen molar-refractivity contribution in [2.24, 2.45) is 11.8 Å². The van der Waals surface area contributed by atoms with E-state index in [0.717, 1.165) is 37.8 Å². The monoisotopic (exact) mass is 458 g/mol. The lowest BCUT2D eigenvalue weighted by Crippen LogP contribution is -2.40. The molecule has 2 N–H and O–H groups in total. The SMILES string of the molecule is C[C@H]1C[C@H](C)CN(c2cc(N3CCCCCC3)nc(NC(=S)NC3CCCCCC3)n2)C1. The van der Waals surface area contributed by atoms with Crippen molar-refractivity contribution in [1.82, 2.24) is 15.3 Å². The van der Waals surface area contributed by atoms with Gasteiger partial charge in [-0.25, -0.2) is 0 Å². The minimum Gasteiger partial charge on any atom is -0.360 e. The molecule has 0 unspecified atom stereocenters. The molecule has 1 aromatic rings. The largest absolute Gasteiger partial charge is 0.360 e. The molecule has 1 aliphatic carbocycles. The lowest BCUT2D eigenvalue weighted by Gasteiger charge is -2.36. The Balaban J connectivity index is 1.52. The maximum absolute atomic E-state index is 5.69. The van der Waals surface area contributed by atoms with Crippen LogP contribution in [0.15, 0.2) is 6.07 Å². The fourth-order valence-corrected chi connectivity index (χ4v) is 5.96. The summed E-state index contributed by atoms with van der Waals surface area (Å²) in [4.78, 5) is 14.8. The standard InChI is InChI=1S/C25H42N6S/c1-19-15-20(2)18-31(17-19)23-16-22(30-13-9-5-6-10-14-30)27-24(28-23)29-25(32)26-21-11-7-3-4-8-12-21/h16,19-21H,3-15,17-18H2,1-2H3,(H2,26,27,28,29,32)/t19-,20-/m0/s1. The molecule has 3 fully saturated rings. The van der Waals surface area contributed by atoms with Crippen molar-refractivity contribution in [1.29, 1.82) is 0 Å². The summed E-state index contributed by atoms with van der Waals surface area (Å²) >= 11 is 5.69. The zero-order valence-electron chi connectivity index (χ0n) is 20.1. The van der Waals surface area contributed by atoms with Crippen molar-refractivity contribution in [2.75, 3.05) is 41.3 Å². The van der Waals surface area contributed by atoms with Gasteiger partial charge in [0.1, 0.15) is 11.6 Å². The molecule has 0 radical (unpaired) electrons. The molecule has 2 aliphatic heterocycles. The highest BCUT2D eigenvalue weighted by molar-refractivity contribution is 7.80. The normalized spacial score (nSPS) is 25.7. The van der Waals surface area contributed by atoms with E-state index in [1.807, 2.05) is 0 Å². The minimum atomic E-state index is 0.467. The number of hydrogen-bond acceptors (Lipinski definition) is 5. The molecule has 0 bridgehead atoms. The maximum Gasteiger partial charge on any atom is 0.232 e. The predicted octanol–water partition coefficient (Wildman–Crippen LogP) is 5.35. The molecule has 178 valence electrons. The number of hydrogen-bond donors (Lipinski definition) is 2. The Bertz CT molecular complexity index is 730. The second-order valence-corrected chi connectivity index (χ2v) is 10.9. The molecular formula is C25H42N6S. The molecule has 3 aliphatic rings. The van der Waals surface area contributed by atoms with Crippen molar-refractivity contribution < 1.29 is 0 Å². The van der Waals surface area contributed by atoms with Crippen LogP contribution in [0.25, 0.3) is 0 Å². The van der Waals surface area contributed by atoms with Crippen molar-refractivity contribution >= 4 is 34.9 Å². The molecule has 3 heterocycles. The lowest BCUT2D eigenvalue weighted by atomic mass is 9.92. The molecule has 1 aromatic heterocycles. The third kappa shape index (κ3) is 6.69. The van der Waals surface area contributed by atoms with Gasteiger partial charge in [-0.15, -0.1) is 0 Å². The van der Waals surface area contributed by atoms with Crippen LogP contribution in [0.4, 0.5) is 17.6 Å². The van der Waals surface area contributed by atoms with Gasteiger partial charge in [0.25, 0.3) is 0 Å². The number of thiocarbonyl (C=S) groups is 1. The molecule has 0 spiro atoms. The number of rotatable bonds is 4. The van der Waals surface area contributed by atoms with Gasteiger partial charge >= 0.3 is 0 Å². The van der Waals surface area contributed by atoms with Crippen molar-refractivity contribution in [2.45, 2.75) is 90.5 Å². The fraction of sp³-hybridized carbons (Fsp3) is 0.800. The quantitative estimate of drug-likeness (QED) is 0.466. The van der Waals surface area contributed by atoms with Crippen LogP contribution in [0.3, 0.4) is 0 Å². The van der Waals surface area contributed by atoms with E-state index in [-0.39, 0.29) is 0 Å². The molecule has 4 rings (SSSR count). The highest BCUT2D eigenvalue weighted by Gasteiger charge is 2.25. The molecule has 0 aromatic carbocycles. The average molecular weight is 459 g/mol. The topological polar surface area (TPSA) is 56.3 Å². The average Bonchev–Trinajstić information content (AvgIpc) is 3.18. The van der Waals surface area contributed by atoms with E-state index in [4.69, 9.17) is 22.2 Å². The fourth-order valence-electron chi connectivity index (χ4n) is 5.70. The van der Waals surface area contributed by atoms with Gasteiger partial charge in [0, 0.05) is 38.3 Å². The predicted molar refractivity (Wildman–Crippen MR) is 139 cm³/mol. The third-order valence-corrected chi connectivity index (χ3v) is 7.46. The summed E-state index contributed by atoms with van der Waals surface area (Å²) < 4.78 is 0. The van der Waals surface area contributed by atoms with Crippen LogP contribution >= 0.6 is 12.2 Å². The highest BCUT2D eigenvalue weighted by Crippen LogP contribution is 2.29. The first-order valence-corrected chi connectivity index (χ1v) is 13.4. The van der Waals surface area contributed by atoms with Crippen molar-refractivity contribution in [3.05, 3.63) is 6.07 Å². The van der Waals surface area contributed by atoms with Crippen LogP contribution in [-0.4, -0.2) is 47.3 Å². The van der Waals surface area contributed by atoms with Gasteiger partial charge < -0.3 is 20.4 Å². The Hall–Kier alpha value is -1.63.